The Kier molecular flexibility index (Phi) is 3.76. The molecule has 1 aliphatic heterocycles. The average molecular weight is 195 g/mol. The maximum atomic E-state index is 9.30. The van der Waals surface area contributed by atoms with E-state index in [9.17, 15) is 10.3 Å². The third kappa shape index (κ3) is 2.17. The Bertz CT molecular complexity index is 274. The van der Waals surface area contributed by atoms with Gasteiger partial charge in [-0.15, -0.1) is 0 Å². The first kappa shape index (κ1) is 10.8. The predicted octanol–water partition coefficient (Wildman–Crippen LogP) is 0.567. The van der Waals surface area contributed by atoms with Gasteiger partial charge in [0.15, 0.2) is 0 Å². The van der Waals surface area contributed by atoms with E-state index in [1.807, 2.05) is 31.1 Å². The molecule has 0 saturated carbocycles. The number of benzene rings is 1. The standard InChI is InChI=1S/C9H11NO2.CH2O/c11-9-5-7-3-1-2-4-8(7)6-10(9)12;1-2/h1-4,9,11-12H,5-6H2;1H2. The summed E-state index contributed by atoms with van der Waals surface area (Å²) in [6.45, 7) is 2.41. The minimum absolute atomic E-state index is 0.414. The van der Waals surface area contributed by atoms with Crippen molar-refractivity contribution in [3.8, 4) is 0 Å². The second-order valence-corrected chi connectivity index (χ2v) is 3.05. The van der Waals surface area contributed by atoms with Gasteiger partial charge in [0.2, 0.25) is 0 Å². The molecule has 1 unspecified atom stereocenters. The molecule has 0 aromatic heterocycles. The van der Waals surface area contributed by atoms with Crippen LogP contribution in [0.15, 0.2) is 24.3 Å². The lowest BCUT2D eigenvalue weighted by Crippen LogP contribution is -2.37. The number of rotatable bonds is 0. The van der Waals surface area contributed by atoms with E-state index < -0.39 is 6.23 Å². The molecule has 1 aromatic rings. The quantitative estimate of drug-likeness (QED) is 0.635. The highest BCUT2D eigenvalue weighted by atomic mass is 16.5. The number of aliphatic hydroxyl groups is 1. The lowest BCUT2D eigenvalue weighted by molar-refractivity contribution is -0.207. The molecule has 0 aliphatic carbocycles. The topological polar surface area (TPSA) is 60.8 Å². The minimum atomic E-state index is -0.750. The predicted molar refractivity (Wildman–Crippen MR) is 50.6 cm³/mol. The van der Waals surface area contributed by atoms with Crippen LogP contribution in [0.1, 0.15) is 11.1 Å². The molecular formula is C10H13NO3. The van der Waals surface area contributed by atoms with Crippen LogP contribution in [0.2, 0.25) is 0 Å². The van der Waals surface area contributed by atoms with Crippen LogP contribution < -0.4 is 0 Å². The van der Waals surface area contributed by atoms with Crippen molar-refractivity contribution in [2.75, 3.05) is 0 Å². The molecule has 2 N–H and O–H groups in total. The number of nitrogens with zero attached hydrogens (tertiary/aromatic N) is 1. The van der Waals surface area contributed by atoms with E-state index in [2.05, 4.69) is 0 Å². The smallest absolute Gasteiger partial charge is 0.134 e. The second-order valence-electron chi connectivity index (χ2n) is 3.05. The zero-order valence-corrected chi connectivity index (χ0v) is 7.76. The summed E-state index contributed by atoms with van der Waals surface area (Å²) in [5, 5.41) is 19.5. The fourth-order valence-electron chi connectivity index (χ4n) is 1.49. The van der Waals surface area contributed by atoms with E-state index in [0.29, 0.717) is 13.0 Å². The highest BCUT2D eigenvalue weighted by Crippen LogP contribution is 2.19. The molecule has 2 rings (SSSR count). The molecule has 4 nitrogen and oxygen atoms in total. The molecule has 0 bridgehead atoms. The number of hydrogen-bond acceptors (Lipinski definition) is 4. The van der Waals surface area contributed by atoms with Gasteiger partial charge in [0.25, 0.3) is 0 Å². The van der Waals surface area contributed by atoms with E-state index >= 15 is 0 Å². The Morgan fingerprint density at radius 1 is 1.29 bits per heavy atom. The molecule has 0 saturated heterocycles. The molecule has 1 aliphatic rings. The van der Waals surface area contributed by atoms with Gasteiger partial charge < -0.3 is 15.1 Å². The Morgan fingerprint density at radius 3 is 2.50 bits per heavy atom. The normalized spacial score (nSPS) is 20.6. The number of aliphatic hydroxyl groups excluding tert-OH is 1. The summed E-state index contributed by atoms with van der Waals surface area (Å²) in [7, 11) is 0. The van der Waals surface area contributed by atoms with Crippen molar-refractivity contribution in [1.82, 2.24) is 5.06 Å². The summed E-state index contributed by atoms with van der Waals surface area (Å²) in [6.07, 6.45) is -0.243. The number of hydrogen-bond donors (Lipinski definition) is 2. The van der Waals surface area contributed by atoms with E-state index in [0.717, 1.165) is 16.2 Å². The first-order valence-electron chi connectivity index (χ1n) is 4.26. The Labute approximate surface area is 82.4 Å². The van der Waals surface area contributed by atoms with Crippen molar-refractivity contribution in [2.24, 2.45) is 0 Å². The number of fused-ring (bicyclic) bond motifs is 1. The summed E-state index contributed by atoms with van der Waals surface area (Å²) in [5.41, 5.74) is 2.21. The van der Waals surface area contributed by atoms with Gasteiger partial charge in [0, 0.05) is 6.42 Å². The largest absolute Gasteiger partial charge is 0.376 e. The van der Waals surface area contributed by atoms with Gasteiger partial charge in [-0.25, -0.2) is 0 Å². The lowest BCUT2D eigenvalue weighted by atomic mass is 10.0. The molecule has 0 spiro atoms. The van der Waals surface area contributed by atoms with Crippen LogP contribution in [-0.4, -0.2) is 28.4 Å². The summed E-state index contributed by atoms with van der Waals surface area (Å²) in [5.74, 6) is 0. The van der Waals surface area contributed by atoms with Crippen molar-refractivity contribution in [2.45, 2.75) is 19.2 Å². The molecule has 0 amide bonds. The number of hydroxylamine groups is 2. The van der Waals surface area contributed by atoms with Gasteiger partial charge in [-0.1, -0.05) is 24.3 Å². The Hall–Kier alpha value is -1.23. The fraction of sp³-hybridized carbons (Fsp3) is 0.300. The minimum Gasteiger partial charge on any atom is -0.376 e. The highest BCUT2D eigenvalue weighted by molar-refractivity contribution is 5.29. The Morgan fingerprint density at radius 2 is 1.86 bits per heavy atom. The third-order valence-electron chi connectivity index (χ3n) is 2.20. The van der Waals surface area contributed by atoms with Gasteiger partial charge in [0.1, 0.15) is 13.0 Å². The van der Waals surface area contributed by atoms with Crippen molar-refractivity contribution < 1.29 is 15.1 Å². The molecule has 76 valence electrons. The molecule has 0 fully saturated rings. The third-order valence-corrected chi connectivity index (χ3v) is 2.20. The molecule has 1 heterocycles. The first-order chi connectivity index (χ1) is 6.77. The van der Waals surface area contributed by atoms with Crippen LogP contribution in [0.3, 0.4) is 0 Å². The van der Waals surface area contributed by atoms with Crippen molar-refractivity contribution in [3.63, 3.8) is 0 Å². The van der Waals surface area contributed by atoms with E-state index in [1.54, 1.807) is 0 Å². The zero-order valence-electron chi connectivity index (χ0n) is 7.76. The highest BCUT2D eigenvalue weighted by Gasteiger charge is 2.21. The monoisotopic (exact) mass is 195 g/mol. The summed E-state index contributed by atoms with van der Waals surface area (Å²) < 4.78 is 0. The van der Waals surface area contributed by atoms with Crippen LogP contribution >= 0.6 is 0 Å². The van der Waals surface area contributed by atoms with E-state index in [4.69, 9.17) is 4.79 Å². The van der Waals surface area contributed by atoms with Gasteiger partial charge in [0.05, 0.1) is 6.54 Å². The van der Waals surface area contributed by atoms with Crippen LogP contribution in [0.25, 0.3) is 0 Å². The molecule has 14 heavy (non-hydrogen) atoms. The molecule has 1 aromatic carbocycles. The van der Waals surface area contributed by atoms with E-state index in [1.165, 1.54) is 0 Å². The lowest BCUT2D eigenvalue weighted by Gasteiger charge is -2.28. The Balaban J connectivity index is 0.000000461. The second kappa shape index (κ2) is 4.85. The van der Waals surface area contributed by atoms with Crippen LogP contribution in [0.4, 0.5) is 0 Å². The maximum Gasteiger partial charge on any atom is 0.134 e. The van der Waals surface area contributed by atoms with Gasteiger partial charge >= 0.3 is 0 Å². The molecule has 1 atom stereocenters. The average Bonchev–Trinajstić information content (AvgIpc) is 2.23. The van der Waals surface area contributed by atoms with Crippen LogP contribution in [0.5, 0.6) is 0 Å². The SMILES string of the molecule is C=O.OC1Cc2ccccc2CN1O. The molecule has 0 radical (unpaired) electrons. The van der Waals surface area contributed by atoms with E-state index in [-0.39, 0.29) is 0 Å². The van der Waals surface area contributed by atoms with Gasteiger partial charge in [-0.3, -0.25) is 0 Å². The van der Waals surface area contributed by atoms with Gasteiger partial charge in [-0.2, -0.15) is 5.06 Å². The molecule has 4 heteroatoms. The summed E-state index contributed by atoms with van der Waals surface area (Å²) in [6, 6.07) is 7.82. The number of carbonyl (C=O) groups excluding carboxylic acids is 1. The first-order valence-corrected chi connectivity index (χ1v) is 4.26. The maximum absolute atomic E-state index is 9.30. The fourth-order valence-corrected chi connectivity index (χ4v) is 1.49. The van der Waals surface area contributed by atoms with Crippen LogP contribution in [0, 0.1) is 0 Å². The number of carbonyl (C=O) groups is 1. The van der Waals surface area contributed by atoms with Gasteiger partial charge in [-0.05, 0) is 11.1 Å². The van der Waals surface area contributed by atoms with Crippen LogP contribution in [-0.2, 0) is 17.8 Å². The van der Waals surface area contributed by atoms with Crippen molar-refractivity contribution in [3.05, 3.63) is 35.4 Å². The summed E-state index contributed by atoms with van der Waals surface area (Å²) in [4.78, 5) is 8.00. The van der Waals surface area contributed by atoms with Crippen molar-refractivity contribution >= 4 is 6.79 Å². The van der Waals surface area contributed by atoms with Crippen molar-refractivity contribution in [1.29, 1.82) is 0 Å². The summed E-state index contributed by atoms with van der Waals surface area (Å²) >= 11 is 0. The molecular weight excluding hydrogens is 182 g/mol. The zero-order chi connectivity index (χ0) is 10.6.